The zero-order chi connectivity index (χ0) is 13.1. The standard InChI is InChI=1S/C14H19NO2/c1-10(2)12-8-11(6-7-13(12)17-5)14(3,4)15-9-16/h6-8,10H,1-5H3. The molecule has 0 aliphatic rings. The summed E-state index contributed by atoms with van der Waals surface area (Å²) in [6.45, 7) is 8.00. The van der Waals surface area contributed by atoms with Crippen molar-refractivity contribution in [2.24, 2.45) is 4.99 Å². The van der Waals surface area contributed by atoms with Crippen molar-refractivity contribution >= 4 is 6.08 Å². The van der Waals surface area contributed by atoms with Crippen LogP contribution in [-0.4, -0.2) is 13.2 Å². The van der Waals surface area contributed by atoms with Crippen LogP contribution in [0, 0.1) is 0 Å². The number of ether oxygens (including phenoxy) is 1. The van der Waals surface area contributed by atoms with Crippen molar-refractivity contribution < 1.29 is 9.53 Å². The Morgan fingerprint density at radius 3 is 2.47 bits per heavy atom. The zero-order valence-electron chi connectivity index (χ0n) is 11.1. The number of hydrogen-bond donors (Lipinski definition) is 0. The van der Waals surface area contributed by atoms with Crippen LogP contribution in [-0.2, 0) is 10.3 Å². The lowest BCUT2D eigenvalue weighted by molar-refractivity contribution is 0.406. The van der Waals surface area contributed by atoms with E-state index < -0.39 is 5.54 Å². The third-order valence-corrected chi connectivity index (χ3v) is 2.88. The van der Waals surface area contributed by atoms with Gasteiger partial charge in [0.15, 0.2) is 0 Å². The number of isocyanates is 1. The second kappa shape index (κ2) is 5.15. The molecule has 0 radical (unpaired) electrons. The minimum Gasteiger partial charge on any atom is -0.496 e. The van der Waals surface area contributed by atoms with Gasteiger partial charge in [0.05, 0.1) is 12.6 Å². The van der Waals surface area contributed by atoms with E-state index in [1.54, 1.807) is 13.2 Å². The van der Waals surface area contributed by atoms with Gasteiger partial charge in [-0.05, 0) is 43.0 Å². The lowest BCUT2D eigenvalue weighted by atomic mass is 9.90. The maximum atomic E-state index is 10.4. The summed E-state index contributed by atoms with van der Waals surface area (Å²) < 4.78 is 5.33. The number of carbonyl (C=O) groups excluding carboxylic acids is 1. The molecule has 0 N–H and O–H groups in total. The van der Waals surface area contributed by atoms with Crippen molar-refractivity contribution in [3.05, 3.63) is 29.3 Å². The van der Waals surface area contributed by atoms with Crippen LogP contribution in [0.3, 0.4) is 0 Å². The van der Waals surface area contributed by atoms with Crippen molar-refractivity contribution in [1.29, 1.82) is 0 Å². The molecule has 0 bridgehead atoms. The fourth-order valence-corrected chi connectivity index (χ4v) is 1.74. The number of nitrogens with zero attached hydrogens (tertiary/aromatic N) is 1. The van der Waals surface area contributed by atoms with Gasteiger partial charge in [0, 0.05) is 0 Å². The number of aliphatic imine (C=N–C) groups is 1. The quantitative estimate of drug-likeness (QED) is 0.590. The maximum absolute atomic E-state index is 10.4. The first-order valence-corrected chi connectivity index (χ1v) is 5.70. The highest BCUT2D eigenvalue weighted by molar-refractivity contribution is 5.43. The molecule has 3 heteroatoms. The van der Waals surface area contributed by atoms with E-state index in [0.717, 1.165) is 16.9 Å². The molecule has 3 nitrogen and oxygen atoms in total. The zero-order valence-corrected chi connectivity index (χ0v) is 11.1. The van der Waals surface area contributed by atoms with Gasteiger partial charge in [-0.2, -0.15) is 4.99 Å². The lowest BCUT2D eigenvalue weighted by Gasteiger charge is -2.21. The Hall–Kier alpha value is -1.60. The summed E-state index contributed by atoms with van der Waals surface area (Å²) in [6.07, 6.45) is 1.63. The molecule has 0 saturated heterocycles. The normalized spacial score (nSPS) is 11.2. The Morgan fingerprint density at radius 1 is 1.35 bits per heavy atom. The van der Waals surface area contributed by atoms with Gasteiger partial charge in [-0.25, -0.2) is 4.79 Å². The summed E-state index contributed by atoms with van der Waals surface area (Å²) in [5.41, 5.74) is 1.57. The maximum Gasteiger partial charge on any atom is 0.235 e. The van der Waals surface area contributed by atoms with Gasteiger partial charge in [0.25, 0.3) is 0 Å². The molecule has 0 heterocycles. The smallest absolute Gasteiger partial charge is 0.235 e. The number of rotatable bonds is 4. The van der Waals surface area contributed by atoms with Crippen LogP contribution in [0.2, 0.25) is 0 Å². The SMILES string of the molecule is COc1ccc(C(C)(C)N=C=O)cc1C(C)C. The third-order valence-electron chi connectivity index (χ3n) is 2.88. The van der Waals surface area contributed by atoms with Crippen LogP contribution in [0.1, 0.15) is 44.7 Å². The molecule has 0 fully saturated rings. The molecule has 0 atom stereocenters. The van der Waals surface area contributed by atoms with Gasteiger partial charge in [0.2, 0.25) is 6.08 Å². The van der Waals surface area contributed by atoms with E-state index in [1.165, 1.54) is 0 Å². The van der Waals surface area contributed by atoms with Crippen LogP contribution in [0.5, 0.6) is 5.75 Å². The van der Waals surface area contributed by atoms with Crippen LogP contribution in [0.4, 0.5) is 0 Å². The number of methoxy groups -OCH3 is 1. The summed E-state index contributed by atoms with van der Waals surface area (Å²) in [7, 11) is 1.66. The van der Waals surface area contributed by atoms with E-state index in [-0.39, 0.29) is 0 Å². The molecule has 17 heavy (non-hydrogen) atoms. The highest BCUT2D eigenvalue weighted by Crippen LogP contribution is 2.32. The fraction of sp³-hybridized carbons (Fsp3) is 0.500. The van der Waals surface area contributed by atoms with E-state index in [1.807, 2.05) is 32.0 Å². The Labute approximate surface area is 103 Å². The average molecular weight is 233 g/mol. The van der Waals surface area contributed by atoms with Crippen molar-refractivity contribution in [3.63, 3.8) is 0 Å². The molecule has 0 saturated carbocycles. The van der Waals surface area contributed by atoms with Crippen molar-refractivity contribution in [2.75, 3.05) is 7.11 Å². The topological polar surface area (TPSA) is 38.7 Å². The predicted octanol–water partition coefficient (Wildman–Crippen LogP) is 3.39. The van der Waals surface area contributed by atoms with Crippen LogP contribution in [0.25, 0.3) is 0 Å². The van der Waals surface area contributed by atoms with Crippen molar-refractivity contribution in [2.45, 2.75) is 39.2 Å². The molecule has 0 spiro atoms. The summed E-state index contributed by atoms with van der Waals surface area (Å²) in [5, 5.41) is 0. The molecule has 1 aromatic rings. The van der Waals surface area contributed by atoms with Gasteiger partial charge in [-0.1, -0.05) is 19.9 Å². The Balaban J connectivity index is 3.30. The second-order valence-electron chi connectivity index (χ2n) is 4.87. The predicted molar refractivity (Wildman–Crippen MR) is 68.2 cm³/mol. The molecule has 0 amide bonds. The largest absolute Gasteiger partial charge is 0.496 e. The van der Waals surface area contributed by atoms with Gasteiger partial charge in [-0.3, -0.25) is 0 Å². The molecule has 0 aliphatic carbocycles. The summed E-state index contributed by atoms with van der Waals surface area (Å²) in [4.78, 5) is 14.3. The first-order chi connectivity index (χ1) is 7.92. The van der Waals surface area contributed by atoms with Crippen LogP contribution in [0.15, 0.2) is 23.2 Å². The lowest BCUT2D eigenvalue weighted by Crippen LogP contribution is -2.14. The van der Waals surface area contributed by atoms with Gasteiger partial charge in [-0.15, -0.1) is 0 Å². The van der Waals surface area contributed by atoms with E-state index in [2.05, 4.69) is 18.8 Å². The van der Waals surface area contributed by atoms with Crippen molar-refractivity contribution in [1.82, 2.24) is 0 Å². The van der Waals surface area contributed by atoms with E-state index in [4.69, 9.17) is 4.74 Å². The Kier molecular flexibility index (Phi) is 4.08. The fourth-order valence-electron chi connectivity index (χ4n) is 1.74. The van der Waals surface area contributed by atoms with Gasteiger partial charge >= 0.3 is 0 Å². The van der Waals surface area contributed by atoms with Crippen LogP contribution >= 0.6 is 0 Å². The van der Waals surface area contributed by atoms with Gasteiger partial charge < -0.3 is 4.74 Å². The molecular weight excluding hydrogens is 214 g/mol. The molecule has 92 valence electrons. The summed E-state index contributed by atoms with van der Waals surface area (Å²) >= 11 is 0. The Bertz CT molecular complexity index is 444. The second-order valence-corrected chi connectivity index (χ2v) is 4.87. The third kappa shape index (κ3) is 2.95. The molecular formula is C14H19NO2. The highest BCUT2D eigenvalue weighted by Gasteiger charge is 2.21. The van der Waals surface area contributed by atoms with Crippen molar-refractivity contribution in [3.8, 4) is 5.75 Å². The highest BCUT2D eigenvalue weighted by atomic mass is 16.5. The molecule has 0 unspecified atom stereocenters. The van der Waals surface area contributed by atoms with E-state index in [9.17, 15) is 4.79 Å². The van der Waals surface area contributed by atoms with E-state index in [0.29, 0.717) is 5.92 Å². The van der Waals surface area contributed by atoms with Crippen LogP contribution < -0.4 is 4.74 Å². The summed E-state index contributed by atoms with van der Waals surface area (Å²) in [6, 6.07) is 5.91. The van der Waals surface area contributed by atoms with E-state index >= 15 is 0 Å². The minimum atomic E-state index is -0.544. The number of benzene rings is 1. The minimum absolute atomic E-state index is 0.362. The van der Waals surface area contributed by atoms with Gasteiger partial charge in [0.1, 0.15) is 5.75 Å². The summed E-state index contributed by atoms with van der Waals surface area (Å²) in [5.74, 6) is 1.23. The molecule has 0 aromatic heterocycles. The number of hydrogen-bond acceptors (Lipinski definition) is 3. The average Bonchev–Trinajstić information content (AvgIpc) is 2.28. The Morgan fingerprint density at radius 2 is 2.00 bits per heavy atom. The molecule has 0 aliphatic heterocycles. The molecule has 1 rings (SSSR count). The first-order valence-electron chi connectivity index (χ1n) is 5.70. The first kappa shape index (κ1) is 13.5. The molecule has 1 aromatic carbocycles. The monoisotopic (exact) mass is 233 g/mol.